The number of hydrogen-bond acceptors (Lipinski definition) is 2. The second-order valence-corrected chi connectivity index (χ2v) is 3.11. The average molecular weight is 252 g/mol. The van der Waals surface area contributed by atoms with Crippen molar-refractivity contribution >= 4 is 21.6 Å². The lowest BCUT2D eigenvalue weighted by atomic mass is 10.2. The lowest BCUT2D eigenvalue weighted by Crippen LogP contribution is -1.97. The van der Waals surface area contributed by atoms with Gasteiger partial charge in [-0.3, -0.25) is 10.1 Å². The zero-order valence-corrected chi connectivity index (χ0v) is 7.85. The van der Waals surface area contributed by atoms with Crippen molar-refractivity contribution in [3.8, 4) is 0 Å². The summed E-state index contributed by atoms with van der Waals surface area (Å²) in [7, 11) is 0. The molecule has 0 aliphatic rings. The van der Waals surface area contributed by atoms with E-state index in [1.807, 2.05) is 0 Å². The minimum Gasteiger partial charge on any atom is -0.258 e. The third-order valence-corrected chi connectivity index (χ3v) is 2.11. The molecule has 0 atom stereocenters. The molecule has 0 fully saturated rings. The van der Waals surface area contributed by atoms with Crippen LogP contribution >= 0.6 is 15.9 Å². The Morgan fingerprint density at radius 1 is 1.54 bits per heavy atom. The highest BCUT2D eigenvalue weighted by Gasteiger charge is 2.21. The smallest absolute Gasteiger partial charge is 0.258 e. The van der Waals surface area contributed by atoms with Gasteiger partial charge in [-0.1, -0.05) is 6.07 Å². The van der Waals surface area contributed by atoms with Crippen LogP contribution in [0.5, 0.6) is 0 Å². The Labute approximate surface area is 80.6 Å². The van der Waals surface area contributed by atoms with Crippen molar-refractivity contribution in [3.63, 3.8) is 0 Å². The number of alkyl halides is 1. The van der Waals surface area contributed by atoms with Crippen LogP contribution in [0.3, 0.4) is 0 Å². The van der Waals surface area contributed by atoms with Gasteiger partial charge in [-0.25, -0.2) is 4.39 Å². The zero-order valence-electron chi connectivity index (χ0n) is 6.26. The van der Waals surface area contributed by atoms with E-state index in [0.29, 0.717) is 0 Å². The first-order valence-corrected chi connectivity index (χ1v) is 4.04. The number of nitro groups is 1. The van der Waals surface area contributed by atoms with Gasteiger partial charge in [0.15, 0.2) is 0 Å². The normalized spacial score (nSPS) is 10.1. The number of nitro benzene ring substituents is 1. The number of nitrogens with zero attached hydrogens (tertiary/aromatic N) is 1. The first-order chi connectivity index (χ1) is 6.07. The predicted molar refractivity (Wildman–Crippen MR) is 45.6 cm³/mol. The average Bonchev–Trinajstić information content (AvgIpc) is 2.04. The summed E-state index contributed by atoms with van der Waals surface area (Å²) in [5.74, 6) is -1.12. The summed E-state index contributed by atoms with van der Waals surface area (Å²) < 4.78 is 25.2. The summed E-state index contributed by atoms with van der Waals surface area (Å²) in [6, 6.07) is 2.41. The van der Waals surface area contributed by atoms with Gasteiger partial charge < -0.3 is 0 Å². The fourth-order valence-electron chi connectivity index (χ4n) is 0.853. The molecule has 70 valence electrons. The quantitative estimate of drug-likeness (QED) is 0.599. The molecule has 0 aromatic heterocycles. The standard InChI is InChI=1S/C7H4BrF2NO2/c8-5-2-1-4(3-9)6(10)7(5)11(12)13/h1-2H,3H2. The van der Waals surface area contributed by atoms with Crippen LogP contribution < -0.4 is 0 Å². The Bertz CT molecular complexity index is 357. The molecule has 1 rings (SSSR count). The number of hydrogen-bond donors (Lipinski definition) is 0. The maximum Gasteiger partial charge on any atom is 0.319 e. The van der Waals surface area contributed by atoms with Crippen molar-refractivity contribution in [1.82, 2.24) is 0 Å². The minimum atomic E-state index is -1.12. The summed E-state index contributed by atoms with van der Waals surface area (Å²) in [5.41, 5.74) is -1.04. The summed E-state index contributed by atoms with van der Waals surface area (Å²) in [6.07, 6.45) is 0. The Balaban J connectivity index is 3.38. The van der Waals surface area contributed by atoms with E-state index in [4.69, 9.17) is 0 Å². The Morgan fingerprint density at radius 2 is 2.15 bits per heavy atom. The van der Waals surface area contributed by atoms with Crippen LogP contribution in [-0.2, 0) is 6.67 Å². The topological polar surface area (TPSA) is 43.1 Å². The van der Waals surface area contributed by atoms with Gasteiger partial charge in [0.2, 0.25) is 5.82 Å². The van der Waals surface area contributed by atoms with E-state index in [2.05, 4.69) is 15.9 Å². The largest absolute Gasteiger partial charge is 0.319 e. The summed E-state index contributed by atoms with van der Waals surface area (Å²) >= 11 is 2.81. The third-order valence-electron chi connectivity index (χ3n) is 1.47. The Hall–Kier alpha value is -1.04. The molecule has 0 unspecified atom stereocenters. The molecule has 0 spiro atoms. The fourth-order valence-corrected chi connectivity index (χ4v) is 1.30. The molecule has 1 aromatic carbocycles. The Morgan fingerprint density at radius 3 is 2.62 bits per heavy atom. The van der Waals surface area contributed by atoms with Crippen molar-refractivity contribution in [2.24, 2.45) is 0 Å². The number of halogens is 3. The molecule has 0 saturated carbocycles. The van der Waals surface area contributed by atoms with Crippen LogP contribution in [0.2, 0.25) is 0 Å². The first kappa shape index (κ1) is 10.0. The lowest BCUT2D eigenvalue weighted by Gasteiger charge is -2.00. The van der Waals surface area contributed by atoms with E-state index in [-0.39, 0.29) is 10.0 Å². The molecule has 0 amide bonds. The van der Waals surface area contributed by atoms with Crippen LogP contribution in [0.4, 0.5) is 14.5 Å². The molecule has 6 heteroatoms. The summed E-state index contributed by atoms with van der Waals surface area (Å²) in [5, 5.41) is 10.3. The molecule has 3 nitrogen and oxygen atoms in total. The van der Waals surface area contributed by atoms with Gasteiger partial charge in [-0.05, 0) is 22.0 Å². The van der Waals surface area contributed by atoms with E-state index in [9.17, 15) is 18.9 Å². The maximum atomic E-state index is 13.1. The van der Waals surface area contributed by atoms with Gasteiger partial charge in [0.05, 0.1) is 9.40 Å². The van der Waals surface area contributed by atoms with E-state index >= 15 is 0 Å². The van der Waals surface area contributed by atoms with Crippen LogP contribution in [0.15, 0.2) is 16.6 Å². The molecule has 0 bridgehead atoms. The van der Waals surface area contributed by atoms with E-state index in [1.54, 1.807) is 0 Å². The van der Waals surface area contributed by atoms with E-state index in [0.717, 1.165) is 6.07 Å². The molecule has 0 heterocycles. The lowest BCUT2D eigenvalue weighted by molar-refractivity contribution is -0.388. The number of benzene rings is 1. The first-order valence-electron chi connectivity index (χ1n) is 3.25. The third kappa shape index (κ3) is 1.82. The SMILES string of the molecule is O=[N+]([O-])c1c(Br)ccc(CF)c1F. The molecule has 13 heavy (non-hydrogen) atoms. The molecule has 0 aliphatic heterocycles. The van der Waals surface area contributed by atoms with E-state index < -0.39 is 23.1 Å². The molecule has 0 radical (unpaired) electrons. The highest BCUT2D eigenvalue weighted by Crippen LogP contribution is 2.30. The predicted octanol–water partition coefficient (Wildman–Crippen LogP) is 2.97. The molecule has 0 N–H and O–H groups in total. The van der Waals surface area contributed by atoms with Gasteiger partial charge in [-0.2, -0.15) is 4.39 Å². The van der Waals surface area contributed by atoms with Crippen LogP contribution in [0.1, 0.15) is 5.56 Å². The molecular weight excluding hydrogens is 248 g/mol. The van der Waals surface area contributed by atoms with Gasteiger partial charge >= 0.3 is 5.69 Å². The van der Waals surface area contributed by atoms with Gasteiger partial charge in [0.25, 0.3) is 0 Å². The monoisotopic (exact) mass is 251 g/mol. The van der Waals surface area contributed by atoms with Gasteiger partial charge in [-0.15, -0.1) is 0 Å². The fraction of sp³-hybridized carbons (Fsp3) is 0.143. The Kier molecular flexibility index (Phi) is 2.92. The van der Waals surface area contributed by atoms with Gasteiger partial charge in [0.1, 0.15) is 6.67 Å². The van der Waals surface area contributed by atoms with Gasteiger partial charge in [0, 0.05) is 5.56 Å². The highest BCUT2D eigenvalue weighted by molar-refractivity contribution is 9.10. The second kappa shape index (κ2) is 3.78. The highest BCUT2D eigenvalue weighted by atomic mass is 79.9. The van der Waals surface area contributed by atoms with Crippen LogP contribution in [0, 0.1) is 15.9 Å². The summed E-state index contributed by atoms with van der Waals surface area (Å²) in [6.45, 7) is -1.06. The van der Waals surface area contributed by atoms with Crippen molar-refractivity contribution in [3.05, 3.63) is 38.1 Å². The molecular formula is C7H4BrF2NO2. The van der Waals surface area contributed by atoms with Crippen molar-refractivity contribution in [2.45, 2.75) is 6.67 Å². The van der Waals surface area contributed by atoms with Crippen molar-refractivity contribution in [2.75, 3.05) is 0 Å². The maximum absolute atomic E-state index is 13.1. The second-order valence-electron chi connectivity index (χ2n) is 2.26. The van der Waals surface area contributed by atoms with Crippen LogP contribution in [0.25, 0.3) is 0 Å². The van der Waals surface area contributed by atoms with Crippen LogP contribution in [-0.4, -0.2) is 4.92 Å². The molecule has 0 saturated heterocycles. The van der Waals surface area contributed by atoms with Crippen molar-refractivity contribution in [1.29, 1.82) is 0 Å². The van der Waals surface area contributed by atoms with Crippen molar-refractivity contribution < 1.29 is 13.7 Å². The zero-order chi connectivity index (χ0) is 10.0. The molecule has 0 aliphatic carbocycles. The minimum absolute atomic E-state index is 0.00667. The molecule has 1 aromatic rings. The number of rotatable bonds is 2. The summed E-state index contributed by atoms with van der Waals surface area (Å²) in [4.78, 5) is 9.43. The van der Waals surface area contributed by atoms with E-state index in [1.165, 1.54) is 6.07 Å².